The van der Waals surface area contributed by atoms with Gasteiger partial charge in [-0.05, 0) is 37.6 Å². The largest absolute Gasteiger partial charge is 0.494 e. The van der Waals surface area contributed by atoms with E-state index in [-0.39, 0.29) is 18.0 Å². The van der Waals surface area contributed by atoms with Gasteiger partial charge in [0.25, 0.3) is 0 Å². The Labute approximate surface area is 115 Å². The predicted molar refractivity (Wildman–Crippen MR) is 75.7 cm³/mol. The molecule has 0 fully saturated rings. The Morgan fingerprint density at radius 2 is 1.74 bits per heavy atom. The zero-order chi connectivity index (χ0) is 14.1. The molecular weight excluding hydrogens is 240 g/mol. The van der Waals surface area contributed by atoms with Crippen LogP contribution in [-0.4, -0.2) is 18.2 Å². The summed E-state index contributed by atoms with van der Waals surface area (Å²) in [6.45, 7) is 4.60. The maximum Gasteiger partial charge on any atom is 0.170 e. The second-order valence-corrected chi connectivity index (χ2v) is 4.55. The van der Waals surface area contributed by atoms with Crippen LogP contribution in [0.3, 0.4) is 0 Å². The highest BCUT2D eigenvalue weighted by Gasteiger charge is 2.11. The predicted octanol–water partition coefficient (Wildman–Crippen LogP) is 3.81. The van der Waals surface area contributed by atoms with Crippen LogP contribution in [0.1, 0.15) is 56.3 Å². The first-order chi connectivity index (χ1) is 9.17. The van der Waals surface area contributed by atoms with Crippen molar-refractivity contribution in [3.63, 3.8) is 0 Å². The Morgan fingerprint density at radius 3 is 2.32 bits per heavy atom. The number of hydrogen-bond acceptors (Lipinski definition) is 3. The van der Waals surface area contributed by atoms with E-state index < -0.39 is 0 Å². The highest BCUT2D eigenvalue weighted by Crippen LogP contribution is 2.14. The molecule has 104 valence electrons. The Bertz CT molecular complexity index is 407. The lowest BCUT2D eigenvalue weighted by Crippen LogP contribution is -2.08. The quantitative estimate of drug-likeness (QED) is 0.386. The molecule has 0 aliphatic heterocycles. The third kappa shape index (κ3) is 5.69. The van der Waals surface area contributed by atoms with Gasteiger partial charge in [0.15, 0.2) is 5.78 Å². The molecule has 0 amide bonds. The van der Waals surface area contributed by atoms with Crippen LogP contribution in [0.25, 0.3) is 0 Å². The second kappa shape index (κ2) is 8.46. The molecule has 0 N–H and O–H groups in total. The Kier molecular flexibility index (Phi) is 6.86. The number of ketones is 2. The van der Waals surface area contributed by atoms with Gasteiger partial charge in [0.1, 0.15) is 11.5 Å². The van der Waals surface area contributed by atoms with Crippen LogP contribution in [-0.2, 0) is 4.79 Å². The second-order valence-electron chi connectivity index (χ2n) is 4.55. The summed E-state index contributed by atoms with van der Waals surface area (Å²) in [6, 6.07) is 6.95. The topological polar surface area (TPSA) is 43.4 Å². The minimum Gasteiger partial charge on any atom is -0.494 e. The lowest BCUT2D eigenvalue weighted by molar-refractivity contribution is -0.118. The monoisotopic (exact) mass is 262 g/mol. The average molecular weight is 262 g/mol. The van der Waals surface area contributed by atoms with Gasteiger partial charge in [-0.3, -0.25) is 9.59 Å². The first-order valence-corrected chi connectivity index (χ1v) is 6.95. The summed E-state index contributed by atoms with van der Waals surface area (Å²) in [4.78, 5) is 23.5. The van der Waals surface area contributed by atoms with Crippen molar-refractivity contribution in [2.45, 2.75) is 46.0 Å². The van der Waals surface area contributed by atoms with E-state index in [0.717, 1.165) is 25.0 Å². The molecule has 0 atom stereocenters. The lowest BCUT2D eigenvalue weighted by atomic mass is 10.0. The molecule has 0 radical (unpaired) electrons. The molecule has 0 saturated carbocycles. The highest BCUT2D eigenvalue weighted by atomic mass is 16.5. The maximum atomic E-state index is 11.9. The fourth-order valence-electron chi connectivity index (χ4n) is 1.85. The zero-order valence-corrected chi connectivity index (χ0v) is 11.8. The van der Waals surface area contributed by atoms with E-state index in [9.17, 15) is 9.59 Å². The number of Topliss-reactive ketones (excluding diaryl/α,β-unsaturated/α-hetero) is 2. The molecule has 19 heavy (non-hydrogen) atoms. The summed E-state index contributed by atoms with van der Waals surface area (Å²) in [5.74, 6) is 0.671. The third-order valence-corrected chi connectivity index (χ3v) is 2.90. The molecule has 0 heterocycles. The van der Waals surface area contributed by atoms with Crippen molar-refractivity contribution in [3.05, 3.63) is 29.8 Å². The summed E-state index contributed by atoms with van der Waals surface area (Å²) >= 11 is 0. The number of rotatable bonds is 9. The molecule has 0 bridgehead atoms. The molecule has 0 unspecified atom stereocenters. The van der Waals surface area contributed by atoms with Gasteiger partial charge < -0.3 is 4.74 Å². The first-order valence-electron chi connectivity index (χ1n) is 6.95. The Morgan fingerprint density at radius 1 is 1.05 bits per heavy atom. The van der Waals surface area contributed by atoms with Gasteiger partial charge in [0, 0.05) is 12.0 Å². The number of benzene rings is 1. The van der Waals surface area contributed by atoms with E-state index in [4.69, 9.17) is 4.74 Å². The summed E-state index contributed by atoms with van der Waals surface area (Å²) in [6.07, 6.45) is 3.53. The number of ether oxygens (including phenoxy) is 1. The van der Waals surface area contributed by atoms with Crippen LogP contribution >= 0.6 is 0 Å². The Hall–Kier alpha value is -1.64. The summed E-state index contributed by atoms with van der Waals surface area (Å²) in [5, 5.41) is 0. The Balaban J connectivity index is 2.46. The lowest BCUT2D eigenvalue weighted by Gasteiger charge is -2.04. The summed E-state index contributed by atoms with van der Waals surface area (Å²) in [7, 11) is 0. The summed E-state index contributed by atoms with van der Waals surface area (Å²) < 4.78 is 5.31. The van der Waals surface area contributed by atoms with Crippen molar-refractivity contribution >= 4 is 11.6 Å². The van der Waals surface area contributed by atoms with E-state index in [0.29, 0.717) is 18.6 Å². The van der Waals surface area contributed by atoms with Crippen LogP contribution in [0.5, 0.6) is 5.75 Å². The maximum absolute atomic E-state index is 11.9. The van der Waals surface area contributed by atoms with Gasteiger partial charge in [-0.15, -0.1) is 0 Å². The van der Waals surface area contributed by atoms with Crippen LogP contribution in [0, 0.1) is 0 Å². The van der Waals surface area contributed by atoms with E-state index in [2.05, 4.69) is 6.92 Å². The van der Waals surface area contributed by atoms with Gasteiger partial charge in [0.05, 0.1) is 13.0 Å². The van der Waals surface area contributed by atoms with E-state index >= 15 is 0 Å². The van der Waals surface area contributed by atoms with Gasteiger partial charge in [-0.1, -0.05) is 19.8 Å². The van der Waals surface area contributed by atoms with Crippen molar-refractivity contribution < 1.29 is 14.3 Å². The van der Waals surface area contributed by atoms with Crippen molar-refractivity contribution in [2.75, 3.05) is 6.61 Å². The van der Waals surface area contributed by atoms with Crippen molar-refractivity contribution in [3.8, 4) is 5.75 Å². The standard InChI is InChI=1S/C16H22O3/c1-3-5-6-7-14(17)12-16(18)13-8-10-15(11-9-13)19-4-2/h8-11H,3-7,12H2,1-2H3. The number of carbonyl (C=O) groups excluding carboxylic acids is 2. The molecule has 1 aromatic carbocycles. The molecule has 0 aromatic heterocycles. The number of carbonyl (C=O) groups is 2. The van der Waals surface area contributed by atoms with E-state index in [1.807, 2.05) is 6.92 Å². The van der Waals surface area contributed by atoms with Gasteiger partial charge in [-0.25, -0.2) is 0 Å². The van der Waals surface area contributed by atoms with Crippen LogP contribution in [0.4, 0.5) is 0 Å². The van der Waals surface area contributed by atoms with Gasteiger partial charge in [-0.2, -0.15) is 0 Å². The van der Waals surface area contributed by atoms with E-state index in [1.165, 1.54) is 0 Å². The summed E-state index contributed by atoms with van der Waals surface area (Å²) in [5.41, 5.74) is 0.576. The minimum absolute atomic E-state index is 0.0116. The van der Waals surface area contributed by atoms with Crippen molar-refractivity contribution in [2.24, 2.45) is 0 Å². The third-order valence-electron chi connectivity index (χ3n) is 2.90. The van der Waals surface area contributed by atoms with Crippen LogP contribution < -0.4 is 4.74 Å². The molecular formula is C16H22O3. The first kappa shape index (κ1) is 15.4. The smallest absolute Gasteiger partial charge is 0.170 e. The number of hydrogen-bond donors (Lipinski definition) is 0. The van der Waals surface area contributed by atoms with Crippen LogP contribution in [0.2, 0.25) is 0 Å². The molecule has 3 nitrogen and oxygen atoms in total. The van der Waals surface area contributed by atoms with Crippen molar-refractivity contribution in [1.82, 2.24) is 0 Å². The number of unbranched alkanes of at least 4 members (excludes halogenated alkanes) is 2. The van der Waals surface area contributed by atoms with E-state index in [1.54, 1.807) is 24.3 Å². The van der Waals surface area contributed by atoms with Crippen molar-refractivity contribution in [1.29, 1.82) is 0 Å². The molecule has 0 aliphatic rings. The normalized spacial score (nSPS) is 10.2. The minimum atomic E-state index is -0.107. The molecule has 3 heteroatoms. The zero-order valence-electron chi connectivity index (χ0n) is 11.8. The SMILES string of the molecule is CCCCCC(=O)CC(=O)c1ccc(OCC)cc1. The highest BCUT2D eigenvalue weighted by molar-refractivity contribution is 6.07. The fraction of sp³-hybridized carbons (Fsp3) is 0.500. The van der Waals surface area contributed by atoms with Gasteiger partial charge in [0.2, 0.25) is 0 Å². The van der Waals surface area contributed by atoms with Crippen LogP contribution in [0.15, 0.2) is 24.3 Å². The molecule has 0 aliphatic carbocycles. The fourth-order valence-corrected chi connectivity index (χ4v) is 1.85. The molecule has 0 spiro atoms. The van der Waals surface area contributed by atoms with Gasteiger partial charge >= 0.3 is 0 Å². The molecule has 0 saturated heterocycles. The average Bonchev–Trinajstić information content (AvgIpc) is 2.40. The molecule has 1 aromatic rings. The molecule has 1 rings (SSSR count).